The normalized spacial score (nSPS) is 11.3. The number of carbonyl (C=O) groups is 1. The number of H-pyrrole nitrogens is 1. The van der Waals surface area contributed by atoms with E-state index >= 15 is 0 Å². The molecule has 0 radical (unpaired) electrons. The maximum Gasteiger partial charge on any atom is 0.190 e. The Hall–Kier alpha value is -1.75. The Morgan fingerprint density at radius 2 is 2.25 bits per heavy atom. The summed E-state index contributed by atoms with van der Waals surface area (Å²) in [5.41, 5.74) is 2.76. The van der Waals surface area contributed by atoms with Crippen molar-refractivity contribution in [3.05, 3.63) is 30.5 Å². The zero-order valence-electron chi connectivity index (χ0n) is 8.60. The van der Waals surface area contributed by atoms with Gasteiger partial charge in [0.1, 0.15) is 0 Å². The zero-order chi connectivity index (χ0) is 11.1. The molecule has 3 aromatic rings. The molecule has 0 saturated heterocycles. The fourth-order valence-electron chi connectivity index (χ4n) is 1.74. The molecular weight excluding hydrogens is 222 g/mol. The van der Waals surface area contributed by atoms with Crippen molar-refractivity contribution < 1.29 is 4.79 Å². The molecule has 0 unspecified atom stereocenters. The number of aromatic amines is 1. The van der Waals surface area contributed by atoms with Crippen LogP contribution in [-0.2, 0) is 4.79 Å². The van der Waals surface area contributed by atoms with Gasteiger partial charge in [0, 0.05) is 13.1 Å². The van der Waals surface area contributed by atoms with Crippen LogP contribution >= 0.6 is 11.8 Å². The van der Waals surface area contributed by atoms with Crippen molar-refractivity contribution in [1.29, 1.82) is 0 Å². The van der Waals surface area contributed by atoms with E-state index in [9.17, 15) is 4.79 Å². The van der Waals surface area contributed by atoms with Gasteiger partial charge in [0.15, 0.2) is 10.8 Å². The Kier molecular flexibility index (Phi) is 2.00. The number of imidazole rings is 1. The molecule has 4 nitrogen and oxygen atoms in total. The smallest absolute Gasteiger partial charge is 0.190 e. The average Bonchev–Trinajstić information content (AvgIpc) is 2.78. The van der Waals surface area contributed by atoms with Crippen LogP contribution < -0.4 is 0 Å². The van der Waals surface area contributed by atoms with Crippen molar-refractivity contribution in [3.8, 4) is 0 Å². The second-order valence-electron chi connectivity index (χ2n) is 3.49. The first-order valence-electron chi connectivity index (χ1n) is 4.89. The maximum absolute atomic E-state index is 11.1. The second kappa shape index (κ2) is 3.38. The molecule has 3 rings (SSSR count). The summed E-state index contributed by atoms with van der Waals surface area (Å²) in [7, 11) is 0. The fourth-order valence-corrected chi connectivity index (χ4v) is 2.39. The number of fused-ring (bicyclic) bond motifs is 3. The number of nitrogens with zero attached hydrogens (tertiary/aromatic N) is 2. The third kappa shape index (κ3) is 1.32. The molecule has 0 bridgehead atoms. The minimum Gasteiger partial charge on any atom is -0.298 e. The highest BCUT2D eigenvalue weighted by Gasteiger charge is 2.11. The molecule has 0 aliphatic carbocycles. The summed E-state index contributed by atoms with van der Waals surface area (Å²) in [5.74, 6) is 0. The van der Waals surface area contributed by atoms with Crippen LogP contribution in [0.25, 0.3) is 16.7 Å². The van der Waals surface area contributed by atoms with Gasteiger partial charge in [0.2, 0.25) is 0 Å². The van der Waals surface area contributed by atoms with Crippen molar-refractivity contribution >= 4 is 33.6 Å². The van der Waals surface area contributed by atoms with Crippen LogP contribution in [0.4, 0.5) is 0 Å². The summed E-state index contributed by atoms with van der Waals surface area (Å²) >= 11 is 1.20. The summed E-state index contributed by atoms with van der Waals surface area (Å²) in [4.78, 5) is 16.4. The van der Waals surface area contributed by atoms with Gasteiger partial charge >= 0.3 is 0 Å². The first kappa shape index (κ1) is 9.47. The van der Waals surface area contributed by atoms with Crippen molar-refractivity contribution in [2.45, 2.75) is 11.8 Å². The Bertz CT molecular complexity index is 683. The minimum atomic E-state index is 0.0635. The number of para-hydroxylation sites is 2. The largest absolute Gasteiger partial charge is 0.298 e. The Morgan fingerprint density at radius 3 is 3.06 bits per heavy atom. The lowest BCUT2D eigenvalue weighted by Crippen LogP contribution is -1.81. The Morgan fingerprint density at radius 1 is 1.44 bits per heavy atom. The topological polar surface area (TPSA) is 50.2 Å². The second-order valence-corrected chi connectivity index (χ2v) is 4.71. The van der Waals surface area contributed by atoms with E-state index in [1.165, 1.54) is 11.8 Å². The van der Waals surface area contributed by atoms with Gasteiger partial charge in [-0.15, -0.1) is 0 Å². The van der Waals surface area contributed by atoms with E-state index in [1.54, 1.807) is 13.1 Å². The van der Waals surface area contributed by atoms with Crippen LogP contribution in [0, 0.1) is 0 Å². The molecule has 16 heavy (non-hydrogen) atoms. The first-order valence-corrected chi connectivity index (χ1v) is 5.70. The van der Waals surface area contributed by atoms with Gasteiger partial charge in [0.25, 0.3) is 0 Å². The molecule has 0 aliphatic rings. The molecule has 0 spiro atoms. The first-order chi connectivity index (χ1) is 7.75. The number of nitrogens with one attached hydrogen (secondary N) is 1. The average molecular weight is 231 g/mol. The lowest BCUT2D eigenvalue weighted by molar-refractivity contribution is -0.109. The van der Waals surface area contributed by atoms with Crippen LogP contribution in [0.2, 0.25) is 0 Å². The van der Waals surface area contributed by atoms with Crippen molar-refractivity contribution in [3.63, 3.8) is 0 Å². The molecule has 1 N–H and O–H groups in total. The molecule has 0 fully saturated rings. The third-order valence-electron chi connectivity index (χ3n) is 2.36. The highest BCUT2D eigenvalue weighted by Crippen LogP contribution is 2.26. The van der Waals surface area contributed by atoms with Gasteiger partial charge in [-0.2, -0.15) is 0 Å². The molecule has 2 aromatic heterocycles. The summed E-state index contributed by atoms with van der Waals surface area (Å²) in [6.45, 7) is 1.55. The van der Waals surface area contributed by atoms with E-state index in [4.69, 9.17) is 0 Å². The van der Waals surface area contributed by atoms with Gasteiger partial charge in [-0.25, -0.2) is 9.50 Å². The number of carbonyl (C=O) groups excluding carboxylic acids is 1. The molecule has 1 aromatic carbocycles. The van der Waals surface area contributed by atoms with E-state index < -0.39 is 0 Å². The highest BCUT2D eigenvalue weighted by atomic mass is 32.2. The number of hydrogen-bond donors (Lipinski definition) is 1. The minimum absolute atomic E-state index is 0.0635. The number of benzene rings is 1. The lowest BCUT2D eigenvalue weighted by atomic mass is 10.3. The summed E-state index contributed by atoms with van der Waals surface area (Å²) in [6, 6.07) is 7.87. The maximum atomic E-state index is 11.1. The predicted octanol–water partition coefficient (Wildman–Crippen LogP) is 2.45. The van der Waals surface area contributed by atoms with Crippen LogP contribution in [0.15, 0.2) is 35.4 Å². The van der Waals surface area contributed by atoms with Gasteiger partial charge < -0.3 is 0 Å². The lowest BCUT2D eigenvalue weighted by Gasteiger charge is -1.88. The van der Waals surface area contributed by atoms with Crippen LogP contribution in [0.5, 0.6) is 0 Å². The molecule has 5 heteroatoms. The third-order valence-corrected chi connectivity index (χ3v) is 3.17. The molecule has 2 heterocycles. The summed E-state index contributed by atoms with van der Waals surface area (Å²) in [6.07, 6.45) is 1.81. The molecule has 80 valence electrons. The van der Waals surface area contributed by atoms with Crippen LogP contribution in [0.3, 0.4) is 0 Å². The molecule has 0 saturated carbocycles. The molecule has 0 amide bonds. The number of aromatic nitrogens is 3. The Labute approximate surface area is 95.6 Å². The fraction of sp³-hybridized carbons (Fsp3) is 0.0909. The van der Waals surface area contributed by atoms with Crippen molar-refractivity contribution in [1.82, 2.24) is 14.6 Å². The number of rotatable bonds is 1. The predicted molar refractivity (Wildman–Crippen MR) is 63.6 cm³/mol. The molecular formula is C11H9N3OS. The van der Waals surface area contributed by atoms with Gasteiger partial charge in [-0.3, -0.25) is 9.89 Å². The molecule has 0 aliphatic heterocycles. The number of hydrogen-bond acceptors (Lipinski definition) is 3. The highest BCUT2D eigenvalue weighted by molar-refractivity contribution is 8.13. The van der Waals surface area contributed by atoms with Crippen LogP contribution in [-0.4, -0.2) is 19.7 Å². The monoisotopic (exact) mass is 231 g/mol. The number of thioether (sulfide) groups is 1. The zero-order valence-corrected chi connectivity index (χ0v) is 9.41. The SMILES string of the molecule is CC(=O)Sc1c[nH]n2c1nc1ccccc12. The van der Waals surface area contributed by atoms with Crippen LogP contribution in [0.1, 0.15) is 6.92 Å². The van der Waals surface area contributed by atoms with Gasteiger partial charge in [-0.1, -0.05) is 12.1 Å². The van der Waals surface area contributed by atoms with E-state index in [-0.39, 0.29) is 5.12 Å². The van der Waals surface area contributed by atoms with E-state index in [0.29, 0.717) is 0 Å². The molecule has 0 atom stereocenters. The van der Waals surface area contributed by atoms with E-state index in [0.717, 1.165) is 21.6 Å². The summed E-state index contributed by atoms with van der Waals surface area (Å²) < 4.78 is 1.89. The summed E-state index contributed by atoms with van der Waals surface area (Å²) in [5, 5.41) is 3.16. The van der Waals surface area contributed by atoms with Gasteiger partial charge in [-0.05, 0) is 23.9 Å². The van der Waals surface area contributed by atoms with Crippen molar-refractivity contribution in [2.24, 2.45) is 0 Å². The van der Waals surface area contributed by atoms with Gasteiger partial charge in [0.05, 0.1) is 15.9 Å². The Balaban J connectivity index is 2.29. The van der Waals surface area contributed by atoms with E-state index in [2.05, 4.69) is 10.1 Å². The van der Waals surface area contributed by atoms with E-state index in [1.807, 2.05) is 28.8 Å². The van der Waals surface area contributed by atoms with Crippen molar-refractivity contribution in [2.75, 3.05) is 0 Å². The quantitative estimate of drug-likeness (QED) is 0.654. The standard InChI is InChI=1S/C11H9N3OS/c1-7(15)16-10-6-12-14-9-5-3-2-4-8(9)13-11(10)14/h2-6,12H,1H3.